The van der Waals surface area contributed by atoms with Crippen molar-refractivity contribution in [3.8, 4) is 5.75 Å². The fourth-order valence-electron chi connectivity index (χ4n) is 1.55. The molecule has 2 aromatic carbocycles. The maximum absolute atomic E-state index is 11.9. The van der Waals surface area contributed by atoms with E-state index in [2.05, 4.69) is 0 Å². The summed E-state index contributed by atoms with van der Waals surface area (Å²) < 4.78 is 27.4. The Morgan fingerprint density at radius 2 is 1.55 bits per heavy atom. The Hall–Kier alpha value is -2.18. The number of sulfonamides is 1. The molecule has 0 amide bonds. The topological polar surface area (TPSA) is 86.5 Å². The zero-order valence-corrected chi connectivity index (χ0v) is 11.6. The molecule has 5 nitrogen and oxygen atoms in total. The average molecular weight is 291 g/mol. The summed E-state index contributed by atoms with van der Waals surface area (Å²) in [5.41, 5.74) is 1.31. The number of nitrogens with two attached hydrogens (primary N) is 1. The number of carbonyl (C=O) groups excluding carboxylic acids is 1. The first-order chi connectivity index (χ1) is 9.36. The van der Waals surface area contributed by atoms with Gasteiger partial charge in [-0.3, -0.25) is 0 Å². The van der Waals surface area contributed by atoms with Crippen LogP contribution in [0.5, 0.6) is 5.75 Å². The van der Waals surface area contributed by atoms with E-state index in [0.29, 0.717) is 5.75 Å². The molecule has 0 saturated heterocycles. The van der Waals surface area contributed by atoms with Gasteiger partial charge in [0.15, 0.2) is 0 Å². The highest BCUT2D eigenvalue weighted by atomic mass is 32.2. The van der Waals surface area contributed by atoms with E-state index >= 15 is 0 Å². The third-order valence-corrected chi connectivity index (χ3v) is 3.58. The fraction of sp³-hybridized carbons (Fsp3) is 0.0714. The van der Waals surface area contributed by atoms with E-state index in [9.17, 15) is 13.2 Å². The largest absolute Gasteiger partial charge is 0.423 e. The standard InChI is InChI=1S/C14H13NO4S/c1-10-2-6-12(7-3-10)19-14(16)11-4-8-13(9-5-11)20(15,17)18/h2-9H,1H3,(H2,15,17,18). The Balaban J connectivity index is 2.15. The summed E-state index contributed by atoms with van der Waals surface area (Å²) in [6.45, 7) is 1.93. The monoisotopic (exact) mass is 291 g/mol. The maximum atomic E-state index is 11.9. The lowest BCUT2D eigenvalue weighted by Gasteiger charge is -2.05. The third-order valence-electron chi connectivity index (χ3n) is 2.65. The van der Waals surface area contributed by atoms with Crippen LogP contribution in [0.2, 0.25) is 0 Å². The van der Waals surface area contributed by atoms with Gasteiger partial charge in [-0.2, -0.15) is 0 Å². The molecule has 2 N–H and O–H groups in total. The van der Waals surface area contributed by atoms with Gasteiger partial charge in [-0.25, -0.2) is 18.4 Å². The van der Waals surface area contributed by atoms with Gasteiger partial charge >= 0.3 is 5.97 Å². The van der Waals surface area contributed by atoms with E-state index in [1.165, 1.54) is 24.3 Å². The summed E-state index contributed by atoms with van der Waals surface area (Å²) in [4.78, 5) is 11.8. The van der Waals surface area contributed by atoms with Crippen molar-refractivity contribution in [2.45, 2.75) is 11.8 Å². The number of primary sulfonamides is 1. The van der Waals surface area contributed by atoms with E-state index in [0.717, 1.165) is 5.56 Å². The molecule has 0 unspecified atom stereocenters. The van der Waals surface area contributed by atoms with Crippen LogP contribution in [0.1, 0.15) is 15.9 Å². The normalized spacial score (nSPS) is 11.1. The minimum atomic E-state index is -3.76. The quantitative estimate of drug-likeness (QED) is 0.690. The molecule has 0 heterocycles. The number of ether oxygens (including phenoxy) is 1. The number of esters is 1. The molecule has 104 valence electrons. The smallest absolute Gasteiger partial charge is 0.343 e. The Bertz CT molecular complexity index is 719. The first-order valence-corrected chi connectivity index (χ1v) is 7.32. The number of aryl methyl sites for hydroxylation is 1. The summed E-state index contributed by atoms with van der Waals surface area (Å²) in [6.07, 6.45) is 0. The number of carbonyl (C=O) groups is 1. The number of rotatable bonds is 3. The van der Waals surface area contributed by atoms with Crippen molar-refractivity contribution in [1.29, 1.82) is 0 Å². The van der Waals surface area contributed by atoms with Crippen molar-refractivity contribution >= 4 is 16.0 Å². The minimum Gasteiger partial charge on any atom is -0.423 e. The Morgan fingerprint density at radius 3 is 2.05 bits per heavy atom. The Labute approximate surface area is 117 Å². The minimum absolute atomic E-state index is 0.0515. The molecule has 0 aliphatic heterocycles. The molecule has 0 bridgehead atoms. The van der Waals surface area contributed by atoms with Crippen LogP contribution in [-0.2, 0) is 10.0 Å². The second-order valence-electron chi connectivity index (χ2n) is 4.27. The molecule has 0 saturated carbocycles. The molecule has 0 aliphatic carbocycles. The third kappa shape index (κ3) is 3.43. The van der Waals surface area contributed by atoms with Crippen molar-refractivity contribution in [3.63, 3.8) is 0 Å². The van der Waals surface area contributed by atoms with Crippen LogP contribution < -0.4 is 9.88 Å². The van der Waals surface area contributed by atoms with Gasteiger partial charge in [0.05, 0.1) is 10.5 Å². The van der Waals surface area contributed by atoms with Gasteiger partial charge in [0, 0.05) is 0 Å². The van der Waals surface area contributed by atoms with Gasteiger partial charge in [0.25, 0.3) is 0 Å². The molecule has 6 heteroatoms. The van der Waals surface area contributed by atoms with Crippen molar-refractivity contribution in [2.75, 3.05) is 0 Å². The molecule has 2 aromatic rings. The number of hydrogen-bond acceptors (Lipinski definition) is 4. The summed E-state index contributed by atoms with van der Waals surface area (Å²) in [6, 6.07) is 12.3. The second-order valence-corrected chi connectivity index (χ2v) is 5.83. The zero-order valence-electron chi connectivity index (χ0n) is 10.7. The molecular formula is C14H13NO4S. The predicted molar refractivity (Wildman–Crippen MR) is 74.0 cm³/mol. The summed E-state index contributed by atoms with van der Waals surface area (Å²) in [5, 5.41) is 4.98. The van der Waals surface area contributed by atoms with E-state index in [1.807, 2.05) is 19.1 Å². The van der Waals surface area contributed by atoms with Crippen LogP contribution in [0, 0.1) is 6.92 Å². The van der Waals surface area contributed by atoms with Gasteiger partial charge in [0.2, 0.25) is 10.0 Å². The van der Waals surface area contributed by atoms with Crippen LogP contribution in [0.15, 0.2) is 53.4 Å². The van der Waals surface area contributed by atoms with Crippen LogP contribution in [0.4, 0.5) is 0 Å². The molecule has 0 aromatic heterocycles. The molecule has 20 heavy (non-hydrogen) atoms. The first kappa shape index (κ1) is 14.2. The lowest BCUT2D eigenvalue weighted by Crippen LogP contribution is -2.13. The van der Waals surface area contributed by atoms with Crippen LogP contribution in [-0.4, -0.2) is 14.4 Å². The Kier molecular flexibility index (Phi) is 3.87. The van der Waals surface area contributed by atoms with Crippen molar-refractivity contribution in [2.24, 2.45) is 5.14 Å². The van der Waals surface area contributed by atoms with Gasteiger partial charge in [-0.1, -0.05) is 17.7 Å². The first-order valence-electron chi connectivity index (χ1n) is 5.78. The molecule has 0 aliphatic rings. The average Bonchev–Trinajstić information content (AvgIpc) is 2.40. The zero-order chi connectivity index (χ0) is 14.8. The van der Waals surface area contributed by atoms with Crippen molar-refractivity contribution in [3.05, 3.63) is 59.7 Å². The Morgan fingerprint density at radius 1 is 1.00 bits per heavy atom. The van der Waals surface area contributed by atoms with E-state index in [-0.39, 0.29) is 10.5 Å². The van der Waals surface area contributed by atoms with E-state index in [1.54, 1.807) is 12.1 Å². The summed E-state index contributed by atoms with van der Waals surface area (Å²) >= 11 is 0. The van der Waals surface area contributed by atoms with E-state index < -0.39 is 16.0 Å². The predicted octanol–water partition coefficient (Wildman–Crippen LogP) is 1.86. The van der Waals surface area contributed by atoms with Crippen molar-refractivity contribution < 1.29 is 17.9 Å². The van der Waals surface area contributed by atoms with Gasteiger partial charge in [-0.15, -0.1) is 0 Å². The maximum Gasteiger partial charge on any atom is 0.343 e. The number of hydrogen-bond donors (Lipinski definition) is 1. The highest BCUT2D eigenvalue weighted by molar-refractivity contribution is 7.89. The molecule has 0 radical (unpaired) electrons. The van der Waals surface area contributed by atoms with Gasteiger partial charge in [-0.05, 0) is 43.3 Å². The highest BCUT2D eigenvalue weighted by Gasteiger charge is 2.11. The lowest BCUT2D eigenvalue weighted by atomic mass is 10.2. The number of benzene rings is 2. The second kappa shape index (κ2) is 5.44. The SMILES string of the molecule is Cc1ccc(OC(=O)c2ccc(S(N)(=O)=O)cc2)cc1. The molecule has 2 rings (SSSR count). The summed E-state index contributed by atoms with van der Waals surface area (Å²) in [5.74, 6) is -0.133. The lowest BCUT2D eigenvalue weighted by molar-refractivity contribution is 0.0734. The molecule has 0 spiro atoms. The van der Waals surface area contributed by atoms with Gasteiger partial charge in [0.1, 0.15) is 5.75 Å². The fourth-order valence-corrected chi connectivity index (χ4v) is 2.07. The van der Waals surface area contributed by atoms with Crippen molar-refractivity contribution in [1.82, 2.24) is 0 Å². The van der Waals surface area contributed by atoms with Gasteiger partial charge < -0.3 is 4.74 Å². The van der Waals surface area contributed by atoms with Crippen LogP contribution >= 0.6 is 0 Å². The van der Waals surface area contributed by atoms with Crippen LogP contribution in [0.3, 0.4) is 0 Å². The summed E-state index contributed by atoms with van der Waals surface area (Å²) in [7, 11) is -3.76. The molecular weight excluding hydrogens is 278 g/mol. The highest BCUT2D eigenvalue weighted by Crippen LogP contribution is 2.15. The molecule has 0 atom stereocenters. The molecule has 0 fully saturated rings. The van der Waals surface area contributed by atoms with Crippen LogP contribution in [0.25, 0.3) is 0 Å². The van der Waals surface area contributed by atoms with E-state index in [4.69, 9.17) is 9.88 Å².